The molecule has 0 bridgehead atoms. The number of rotatable bonds is 8. The van der Waals surface area contributed by atoms with Gasteiger partial charge in [-0.05, 0) is 56.2 Å². The summed E-state index contributed by atoms with van der Waals surface area (Å²) in [5.41, 5.74) is 3.08. The van der Waals surface area contributed by atoms with Crippen LogP contribution in [-0.4, -0.2) is 22.1 Å². The number of hydrogen-bond donors (Lipinski definition) is 1. The number of nitrogens with one attached hydrogen (secondary N) is 1. The summed E-state index contributed by atoms with van der Waals surface area (Å²) >= 11 is 0. The number of aryl methyl sites for hydroxylation is 2. The maximum Gasteiger partial charge on any atom is 0.287 e. The topological polar surface area (TPSA) is 69.3 Å². The van der Waals surface area contributed by atoms with Gasteiger partial charge in [-0.3, -0.25) is 4.79 Å². The van der Waals surface area contributed by atoms with Crippen LogP contribution in [0.3, 0.4) is 0 Å². The molecule has 1 atom stereocenters. The minimum atomic E-state index is -0.271. The molecule has 1 amide bonds. The van der Waals surface area contributed by atoms with E-state index in [1.54, 1.807) is 12.1 Å². The largest absolute Gasteiger partial charge is 0.493 e. The van der Waals surface area contributed by atoms with E-state index in [0.717, 1.165) is 41.1 Å². The summed E-state index contributed by atoms with van der Waals surface area (Å²) in [5, 5.41) is 2.98. The van der Waals surface area contributed by atoms with Crippen LogP contribution in [0, 0.1) is 6.92 Å². The molecule has 0 spiro atoms. The van der Waals surface area contributed by atoms with Crippen molar-refractivity contribution in [1.29, 1.82) is 0 Å². The Labute approximate surface area is 175 Å². The predicted molar refractivity (Wildman–Crippen MR) is 116 cm³/mol. The molecule has 0 aliphatic carbocycles. The number of fused-ring (bicyclic) bond motifs is 1. The number of nitrogens with zero attached hydrogens (tertiary/aromatic N) is 2. The van der Waals surface area contributed by atoms with E-state index in [2.05, 4.69) is 16.0 Å². The Bertz CT molecular complexity index is 1130. The molecule has 1 unspecified atom stereocenters. The van der Waals surface area contributed by atoms with Crippen molar-refractivity contribution < 1.29 is 13.9 Å². The van der Waals surface area contributed by atoms with Gasteiger partial charge in [0.1, 0.15) is 11.6 Å². The maximum absolute atomic E-state index is 12.4. The average molecular weight is 403 g/mol. The number of imidazole rings is 1. The van der Waals surface area contributed by atoms with Crippen molar-refractivity contribution in [2.75, 3.05) is 6.61 Å². The summed E-state index contributed by atoms with van der Waals surface area (Å²) in [5.74, 6) is 1.75. The van der Waals surface area contributed by atoms with Crippen molar-refractivity contribution in [3.8, 4) is 5.75 Å². The molecule has 4 aromatic rings. The lowest BCUT2D eigenvalue weighted by Gasteiger charge is -2.16. The lowest BCUT2D eigenvalue weighted by Crippen LogP contribution is -2.28. The molecular weight excluding hydrogens is 378 g/mol. The Morgan fingerprint density at radius 3 is 2.73 bits per heavy atom. The highest BCUT2D eigenvalue weighted by Gasteiger charge is 2.20. The highest BCUT2D eigenvalue weighted by atomic mass is 16.5. The van der Waals surface area contributed by atoms with Crippen LogP contribution in [0.4, 0.5) is 0 Å². The first-order valence-corrected chi connectivity index (χ1v) is 10.1. The van der Waals surface area contributed by atoms with Gasteiger partial charge in [-0.2, -0.15) is 0 Å². The third-order valence-corrected chi connectivity index (χ3v) is 5.04. The Balaban J connectivity index is 1.48. The smallest absolute Gasteiger partial charge is 0.287 e. The summed E-state index contributed by atoms with van der Waals surface area (Å²) in [6.07, 6.45) is 2.31. The van der Waals surface area contributed by atoms with Crippen LogP contribution in [0.2, 0.25) is 0 Å². The first-order valence-electron chi connectivity index (χ1n) is 10.1. The normalized spacial score (nSPS) is 12.1. The van der Waals surface area contributed by atoms with Gasteiger partial charge in [0.2, 0.25) is 0 Å². The van der Waals surface area contributed by atoms with E-state index in [0.29, 0.717) is 6.61 Å². The number of hydrogen-bond acceptors (Lipinski definition) is 4. The molecule has 6 heteroatoms. The van der Waals surface area contributed by atoms with Crippen LogP contribution in [-0.2, 0) is 6.54 Å². The van der Waals surface area contributed by atoms with Crippen molar-refractivity contribution in [3.63, 3.8) is 0 Å². The van der Waals surface area contributed by atoms with Crippen molar-refractivity contribution in [3.05, 3.63) is 84.1 Å². The zero-order valence-corrected chi connectivity index (χ0v) is 17.2. The van der Waals surface area contributed by atoms with Gasteiger partial charge < -0.3 is 19.0 Å². The highest BCUT2D eigenvalue weighted by Crippen LogP contribution is 2.22. The molecule has 0 saturated heterocycles. The van der Waals surface area contributed by atoms with Gasteiger partial charge in [0.25, 0.3) is 5.91 Å². The number of furan rings is 1. The van der Waals surface area contributed by atoms with Gasteiger partial charge in [-0.15, -0.1) is 0 Å². The van der Waals surface area contributed by atoms with E-state index < -0.39 is 0 Å². The summed E-state index contributed by atoms with van der Waals surface area (Å²) in [6, 6.07) is 19.1. The monoisotopic (exact) mass is 403 g/mol. The summed E-state index contributed by atoms with van der Waals surface area (Å²) in [7, 11) is 0. The summed E-state index contributed by atoms with van der Waals surface area (Å²) < 4.78 is 13.3. The third kappa shape index (κ3) is 4.22. The summed E-state index contributed by atoms with van der Waals surface area (Å²) in [6.45, 7) is 5.31. The molecule has 154 valence electrons. The van der Waals surface area contributed by atoms with Gasteiger partial charge >= 0.3 is 0 Å². The lowest BCUT2D eigenvalue weighted by atomic mass is 10.2. The fraction of sp³-hybridized carbons (Fsp3) is 0.250. The van der Waals surface area contributed by atoms with Crippen molar-refractivity contribution in [1.82, 2.24) is 14.9 Å². The molecule has 0 aliphatic heterocycles. The maximum atomic E-state index is 12.4. The number of carbonyl (C=O) groups is 1. The molecule has 2 heterocycles. The minimum absolute atomic E-state index is 0.256. The number of carbonyl (C=O) groups excluding carboxylic acids is 1. The molecule has 0 radical (unpaired) electrons. The Morgan fingerprint density at radius 1 is 1.13 bits per heavy atom. The molecule has 0 aliphatic rings. The Kier molecular flexibility index (Phi) is 5.84. The lowest BCUT2D eigenvalue weighted by molar-refractivity contribution is 0.0909. The average Bonchev–Trinajstić information content (AvgIpc) is 3.41. The van der Waals surface area contributed by atoms with Crippen LogP contribution in [0.1, 0.15) is 41.3 Å². The van der Waals surface area contributed by atoms with E-state index >= 15 is 0 Å². The second-order valence-corrected chi connectivity index (χ2v) is 7.25. The fourth-order valence-electron chi connectivity index (χ4n) is 3.52. The van der Waals surface area contributed by atoms with Crippen LogP contribution >= 0.6 is 0 Å². The number of amides is 1. The number of aromatic nitrogens is 2. The van der Waals surface area contributed by atoms with Crippen LogP contribution in [0.15, 0.2) is 71.3 Å². The van der Waals surface area contributed by atoms with E-state index in [-0.39, 0.29) is 17.7 Å². The first-order chi connectivity index (χ1) is 14.6. The van der Waals surface area contributed by atoms with Crippen molar-refractivity contribution in [2.24, 2.45) is 0 Å². The Hall–Kier alpha value is -3.54. The predicted octanol–water partition coefficient (Wildman–Crippen LogP) is 4.90. The van der Waals surface area contributed by atoms with Gasteiger partial charge in [0, 0.05) is 6.54 Å². The van der Waals surface area contributed by atoms with Crippen LogP contribution in [0.25, 0.3) is 11.0 Å². The highest BCUT2D eigenvalue weighted by molar-refractivity contribution is 5.91. The van der Waals surface area contributed by atoms with E-state index in [1.165, 1.54) is 6.26 Å². The zero-order valence-electron chi connectivity index (χ0n) is 17.2. The van der Waals surface area contributed by atoms with Crippen molar-refractivity contribution >= 4 is 16.9 Å². The van der Waals surface area contributed by atoms with E-state index in [1.807, 2.05) is 56.3 Å². The standard InChI is InChI=1S/C24H25N3O3/c1-17-9-3-6-12-21(17)29-16-8-14-27-20-11-5-4-10-19(20)26-23(27)18(2)25-24(28)22-13-7-15-30-22/h3-7,9-13,15,18H,8,14,16H2,1-2H3,(H,25,28). The fourth-order valence-corrected chi connectivity index (χ4v) is 3.52. The van der Waals surface area contributed by atoms with Crippen molar-refractivity contribution in [2.45, 2.75) is 32.9 Å². The molecule has 0 fully saturated rings. The van der Waals surface area contributed by atoms with Gasteiger partial charge in [-0.1, -0.05) is 30.3 Å². The Morgan fingerprint density at radius 2 is 1.93 bits per heavy atom. The molecule has 0 saturated carbocycles. The third-order valence-electron chi connectivity index (χ3n) is 5.04. The van der Waals surface area contributed by atoms with Gasteiger partial charge in [-0.25, -0.2) is 4.98 Å². The van der Waals surface area contributed by atoms with E-state index in [4.69, 9.17) is 14.1 Å². The summed E-state index contributed by atoms with van der Waals surface area (Å²) in [4.78, 5) is 17.2. The second kappa shape index (κ2) is 8.86. The molecular formula is C24H25N3O3. The van der Waals surface area contributed by atoms with Crippen LogP contribution in [0.5, 0.6) is 5.75 Å². The molecule has 4 rings (SSSR count). The molecule has 2 aromatic heterocycles. The molecule has 2 aromatic carbocycles. The number of benzene rings is 2. The van der Waals surface area contributed by atoms with Gasteiger partial charge in [0.05, 0.1) is 29.9 Å². The first kappa shape index (κ1) is 19.8. The number of ether oxygens (including phenoxy) is 1. The molecule has 30 heavy (non-hydrogen) atoms. The quantitative estimate of drug-likeness (QED) is 0.425. The second-order valence-electron chi connectivity index (χ2n) is 7.25. The molecule has 1 N–H and O–H groups in total. The molecule has 6 nitrogen and oxygen atoms in total. The number of para-hydroxylation sites is 3. The van der Waals surface area contributed by atoms with Gasteiger partial charge in [0.15, 0.2) is 5.76 Å². The van der Waals surface area contributed by atoms with Crippen LogP contribution < -0.4 is 10.1 Å². The SMILES string of the molecule is Cc1ccccc1OCCCn1c(C(C)NC(=O)c2ccco2)nc2ccccc21. The minimum Gasteiger partial charge on any atom is -0.493 e. The van der Waals surface area contributed by atoms with E-state index in [9.17, 15) is 4.79 Å². The zero-order chi connectivity index (χ0) is 20.9.